The molecule has 2 aromatic rings. The third-order valence-corrected chi connectivity index (χ3v) is 7.00. The quantitative estimate of drug-likeness (QED) is 0.665. The van der Waals surface area contributed by atoms with Crippen LogP contribution in [0.1, 0.15) is 47.2 Å². The SMILES string of the molecule is Cc1cc(-c2cccc(OC(F)(F)F)c2)cc(C)c1C(=O)N1CCC(N2CCC[C@H]2CO)CC1. The van der Waals surface area contributed by atoms with Crippen LogP contribution in [0.15, 0.2) is 36.4 Å². The molecule has 184 valence electrons. The van der Waals surface area contributed by atoms with Crippen LogP contribution in [0.25, 0.3) is 11.1 Å². The van der Waals surface area contributed by atoms with E-state index in [0.29, 0.717) is 30.3 Å². The molecule has 2 heterocycles. The lowest BCUT2D eigenvalue weighted by molar-refractivity contribution is -0.274. The number of amides is 1. The summed E-state index contributed by atoms with van der Waals surface area (Å²) in [5.74, 6) is -0.279. The maximum absolute atomic E-state index is 13.4. The number of aliphatic hydroxyl groups is 1. The van der Waals surface area contributed by atoms with Crippen LogP contribution in [-0.2, 0) is 0 Å². The van der Waals surface area contributed by atoms with Gasteiger partial charge in [0.2, 0.25) is 0 Å². The average Bonchev–Trinajstić information content (AvgIpc) is 3.26. The second-order valence-electron chi connectivity index (χ2n) is 9.30. The zero-order valence-corrected chi connectivity index (χ0v) is 19.6. The normalized spacial score (nSPS) is 20.1. The van der Waals surface area contributed by atoms with Gasteiger partial charge in [-0.3, -0.25) is 9.69 Å². The molecule has 0 spiro atoms. The molecule has 5 nitrogen and oxygen atoms in total. The van der Waals surface area contributed by atoms with Gasteiger partial charge >= 0.3 is 6.36 Å². The average molecular weight is 477 g/mol. The summed E-state index contributed by atoms with van der Waals surface area (Å²) in [5.41, 5.74) is 3.58. The van der Waals surface area contributed by atoms with E-state index in [1.165, 1.54) is 18.2 Å². The van der Waals surface area contributed by atoms with Gasteiger partial charge in [0.25, 0.3) is 5.91 Å². The number of likely N-dealkylation sites (tertiary alicyclic amines) is 2. The van der Waals surface area contributed by atoms with Crippen molar-refractivity contribution in [2.45, 2.75) is 58.0 Å². The fourth-order valence-corrected chi connectivity index (χ4v) is 5.43. The molecule has 1 atom stereocenters. The fraction of sp³-hybridized carbons (Fsp3) is 0.500. The molecule has 2 aliphatic rings. The zero-order valence-electron chi connectivity index (χ0n) is 19.6. The number of piperidine rings is 1. The summed E-state index contributed by atoms with van der Waals surface area (Å²) in [6.07, 6.45) is -0.817. The first-order valence-corrected chi connectivity index (χ1v) is 11.8. The molecule has 1 N–H and O–H groups in total. The molecule has 0 aromatic heterocycles. The lowest BCUT2D eigenvalue weighted by Crippen LogP contribution is -2.49. The Hall–Kier alpha value is -2.58. The molecule has 2 fully saturated rings. The number of halogens is 3. The van der Waals surface area contributed by atoms with Gasteiger partial charge < -0.3 is 14.7 Å². The summed E-state index contributed by atoms with van der Waals surface area (Å²) in [4.78, 5) is 17.7. The highest BCUT2D eigenvalue weighted by molar-refractivity contribution is 5.98. The summed E-state index contributed by atoms with van der Waals surface area (Å²) < 4.78 is 41.8. The first kappa shape index (κ1) is 24.5. The molecular weight excluding hydrogens is 445 g/mol. The molecule has 0 saturated carbocycles. The zero-order chi connectivity index (χ0) is 24.5. The second-order valence-corrected chi connectivity index (χ2v) is 9.30. The molecule has 2 aliphatic heterocycles. The highest BCUT2D eigenvalue weighted by Crippen LogP contribution is 2.32. The smallest absolute Gasteiger partial charge is 0.406 e. The molecule has 34 heavy (non-hydrogen) atoms. The van der Waals surface area contributed by atoms with Gasteiger partial charge in [-0.1, -0.05) is 24.3 Å². The number of nitrogens with zero attached hydrogens (tertiary/aromatic N) is 2. The van der Waals surface area contributed by atoms with Gasteiger partial charge in [0.1, 0.15) is 5.75 Å². The van der Waals surface area contributed by atoms with Gasteiger partial charge in [0.15, 0.2) is 0 Å². The van der Waals surface area contributed by atoms with E-state index in [-0.39, 0.29) is 24.3 Å². The van der Waals surface area contributed by atoms with Gasteiger partial charge in [-0.2, -0.15) is 0 Å². The van der Waals surface area contributed by atoms with Gasteiger partial charge in [0.05, 0.1) is 6.61 Å². The predicted octanol–water partition coefficient (Wildman–Crippen LogP) is 4.93. The summed E-state index contributed by atoms with van der Waals surface area (Å²) in [7, 11) is 0. The van der Waals surface area contributed by atoms with Gasteiger partial charge in [0, 0.05) is 30.7 Å². The van der Waals surface area contributed by atoms with Crippen LogP contribution in [0, 0.1) is 13.8 Å². The minimum absolute atomic E-state index is 0.00529. The number of rotatable bonds is 5. The number of aliphatic hydroxyl groups excluding tert-OH is 1. The van der Waals surface area contributed by atoms with Crippen LogP contribution in [0.5, 0.6) is 5.75 Å². The minimum atomic E-state index is -4.75. The van der Waals surface area contributed by atoms with Crippen molar-refractivity contribution in [1.29, 1.82) is 0 Å². The van der Waals surface area contributed by atoms with Gasteiger partial charge in [-0.15, -0.1) is 13.2 Å². The number of hydrogen-bond acceptors (Lipinski definition) is 4. The summed E-state index contributed by atoms with van der Waals surface area (Å²) in [6, 6.07) is 10.2. The van der Waals surface area contributed by atoms with Crippen LogP contribution in [0.2, 0.25) is 0 Å². The standard InChI is InChI=1S/C26H31F3N2O3/c1-17-13-20(19-5-3-7-23(15-19)34-26(27,28)29)14-18(2)24(17)25(33)30-11-8-21(9-12-30)31-10-4-6-22(31)16-32/h3,5,7,13-15,21-22,32H,4,6,8-12,16H2,1-2H3/t22-/m0/s1. The number of benzene rings is 2. The lowest BCUT2D eigenvalue weighted by atomic mass is 9.93. The van der Waals surface area contributed by atoms with E-state index >= 15 is 0 Å². The number of alkyl halides is 3. The van der Waals surface area contributed by atoms with Crippen LogP contribution >= 0.6 is 0 Å². The monoisotopic (exact) mass is 476 g/mol. The predicted molar refractivity (Wildman–Crippen MR) is 124 cm³/mol. The Kier molecular flexibility index (Phi) is 7.19. The molecule has 0 aliphatic carbocycles. The van der Waals surface area contributed by atoms with Crippen molar-refractivity contribution in [2.24, 2.45) is 0 Å². The number of aryl methyl sites for hydroxylation is 2. The van der Waals surface area contributed by atoms with Crippen LogP contribution < -0.4 is 4.74 Å². The van der Waals surface area contributed by atoms with Crippen molar-refractivity contribution in [3.63, 3.8) is 0 Å². The van der Waals surface area contributed by atoms with Crippen LogP contribution in [-0.4, -0.2) is 65.5 Å². The Morgan fingerprint density at radius 2 is 1.71 bits per heavy atom. The van der Waals surface area contributed by atoms with Crippen molar-refractivity contribution in [3.05, 3.63) is 53.1 Å². The van der Waals surface area contributed by atoms with Crippen molar-refractivity contribution in [1.82, 2.24) is 9.80 Å². The van der Waals surface area contributed by atoms with E-state index < -0.39 is 6.36 Å². The second kappa shape index (κ2) is 9.96. The summed E-state index contributed by atoms with van der Waals surface area (Å²) >= 11 is 0. The van der Waals surface area contributed by atoms with Crippen molar-refractivity contribution in [3.8, 4) is 16.9 Å². The highest BCUT2D eigenvalue weighted by atomic mass is 19.4. The lowest BCUT2D eigenvalue weighted by Gasteiger charge is -2.39. The van der Waals surface area contributed by atoms with Crippen molar-refractivity contribution >= 4 is 5.91 Å². The Balaban J connectivity index is 1.47. The highest BCUT2D eigenvalue weighted by Gasteiger charge is 2.34. The van der Waals surface area contributed by atoms with Crippen LogP contribution in [0.3, 0.4) is 0 Å². The van der Waals surface area contributed by atoms with E-state index in [2.05, 4.69) is 9.64 Å². The number of ether oxygens (including phenoxy) is 1. The maximum atomic E-state index is 13.4. The molecule has 8 heteroatoms. The molecular formula is C26H31F3N2O3. The van der Waals surface area contributed by atoms with Gasteiger partial charge in [-0.25, -0.2) is 0 Å². The molecule has 0 bridgehead atoms. The molecule has 2 saturated heterocycles. The third kappa shape index (κ3) is 5.39. The summed E-state index contributed by atoms with van der Waals surface area (Å²) in [5, 5.41) is 9.62. The van der Waals surface area contributed by atoms with Crippen LogP contribution in [0.4, 0.5) is 13.2 Å². The minimum Gasteiger partial charge on any atom is -0.406 e. The van der Waals surface area contributed by atoms with Crippen molar-refractivity contribution in [2.75, 3.05) is 26.2 Å². The topological polar surface area (TPSA) is 53.0 Å². The molecule has 2 aromatic carbocycles. The van der Waals surface area contributed by atoms with E-state index in [0.717, 1.165) is 48.9 Å². The fourth-order valence-electron chi connectivity index (χ4n) is 5.43. The molecule has 0 unspecified atom stereocenters. The van der Waals surface area contributed by atoms with E-state index in [9.17, 15) is 23.1 Å². The Labute approximate surface area is 198 Å². The third-order valence-electron chi connectivity index (χ3n) is 7.00. The first-order valence-electron chi connectivity index (χ1n) is 11.8. The van der Waals surface area contributed by atoms with Gasteiger partial charge in [-0.05, 0) is 80.5 Å². The maximum Gasteiger partial charge on any atom is 0.573 e. The Morgan fingerprint density at radius 3 is 2.32 bits per heavy atom. The number of carbonyl (C=O) groups is 1. The molecule has 0 radical (unpaired) electrons. The molecule has 1 amide bonds. The Morgan fingerprint density at radius 1 is 1.03 bits per heavy atom. The van der Waals surface area contributed by atoms with E-state index in [1.807, 2.05) is 30.9 Å². The largest absolute Gasteiger partial charge is 0.573 e. The molecule has 4 rings (SSSR count). The first-order chi connectivity index (χ1) is 16.2. The number of hydrogen-bond donors (Lipinski definition) is 1. The van der Waals surface area contributed by atoms with E-state index in [4.69, 9.17) is 0 Å². The van der Waals surface area contributed by atoms with Crippen molar-refractivity contribution < 1.29 is 27.8 Å². The summed E-state index contributed by atoms with van der Waals surface area (Å²) in [6.45, 7) is 6.28. The Bertz CT molecular complexity index is 1010. The number of carbonyl (C=O) groups excluding carboxylic acids is 1. The van der Waals surface area contributed by atoms with E-state index in [1.54, 1.807) is 6.07 Å².